The van der Waals surface area contributed by atoms with Crippen molar-refractivity contribution in [2.75, 3.05) is 0 Å². The third kappa shape index (κ3) is 14.0. The predicted molar refractivity (Wildman–Crippen MR) is 588 cm³/mol. The van der Waals surface area contributed by atoms with Gasteiger partial charge < -0.3 is 18.3 Å². The Bertz CT molecular complexity index is 9080. The zero-order chi connectivity index (χ0) is 98.3. The standard InChI is InChI=1S/C49H34N8.C40H29N5.C39H28N6/c1-49(2)36-28-16-18-30-38(36)56-41(47-52-43(31-19-7-3-8-20-31)50-44(53-47)32-21-9-4-10-22-32)39-35-27-15-17-29-37(35)57(40(39)42(49)56)48-54-45(33-23-11-5-12-24-33)51-46(55-48)34-25-13-6-14-26-34;1-40(2)29-17-7-9-21-35(29)45-37(26-24-32(30-18-10-12-22-41-30)43-33(25-26)31-19-11-13-23-42-31)36-28-16-6-8-20-34(28)44(38(36)39(40)45)27-14-4-3-5-15-27;1-39(2)28-20-10-12-22-30(28)45-34(32-27-19-9-11-21-29(27)44(33(32)35(39)45)31-23-13-14-24-40-31)38-42-36(25-15-5-3-6-16-25)41-37(43-38)26-17-7-4-8-18-26/h3-30H,1-2H3;3-25H,1-2H3;3-24H,1-2H3. The lowest BCUT2D eigenvalue weighted by Crippen LogP contribution is -2.17. The van der Waals surface area contributed by atoms with E-state index in [1.54, 1.807) is 0 Å². The number of fused-ring (bicyclic) bond motifs is 21. The molecule has 26 aromatic rings. The molecule has 0 aliphatic carbocycles. The van der Waals surface area contributed by atoms with Crippen LogP contribution in [0.4, 0.5) is 0 Å². The van der Waals surface area contributed by atoms with Gasteiger partial charge in [-0.3, -0.25) is 19.1 Å². The second-order valence-corrected chi connectivity index (χ2v) is 38.9. The van der Waals surface area contributed by atoms with Gasteiger partial charge >= 0.3 is 0 Å². The maximum absolute atomic E-state index is 5.32. The van der Waals surface area contributed by atoms with E-state index in [9.17, 15) is 0 Å². The average molecular weight is 1900 g/mol. The largest absolute Gasteiger partial charge is 0.310 e. The van der Waals surface area contributed by atoms with Crippen LogP contribution < -0.4 is 0 Å². The molecule has 0 spiro atoms. The molecule has 16 heterocycles. The molecule has 13 aromatic carbocycles. The Hall–Kier alpha value is -19.3. The molecule has 0 atom stereocenters. The van der Waals surface area contributed by atoms with Gasteiger partial charge in [-0.1, -0.05) is 369 Å². The summed E-state index contributed by atoms with van der Waals surface area (Å²) >= 11 is 0. The molecular weight excluding hydrogens is 1800 g/mol. The van der Waals surface area contributed by atoms with Crippen LogP contribution in [0.15, 0.2) is 443 Å². The molecule has 29 rings (SSSR count). The molecule has 19 heteroatoms. The van der Waals surface area contributed by atoms with E-state index in [0.29, 0.717) is 52.5 Å². The van der Waals surface area contributed by atoms with Crippen LogP contribution in [0, 0.1) is 0 Å². The van der Waals surface area contributed by atoms with Crippen molar-refractivity contribution in [3.63, 3.8) is 0 Å². The number of hydrogen-bond acceptors (Lipinski definition) is 13. The van der Waals surface area contributed by atoms with Crippen LogP contribution in [0.1, 0.15) is 75.3 Å². The summed E-state index contributed by atoms with van der Waals surface area (Å²) in [6.45, 7) is 13.9. The highest BCUT2D eigenvalue weighted by atomic mass is 15.2. The molecule has 19 nitrogen and oxygen atoms in total. The minimum atomic E-state index is -0.422. The van der Waals surface area contributed by atoms with E-state index >= 15 is 0 Å². The van der Waals surface area contributed by atoms with E-state index in [4.69, 9.17) is 64.8 Å². The molecule has 0 saturated carbocycles. The van der Waals surface area contributed by atoms with E-state index in [-0.39, 0.29) is 10.8 Å². The highest BCUT2D eigenvalue weighted by molar-refractivity contribution is 6.21. The molecule has 147 heavy (non-hydrogen) atoms. The number of pyridine rings is 4. The van der Waals surface area contributed by atoms with Crippen LogP contribution in [0.5, 0.6) is 0 Å². The molecule has 0 unspecified atom stereocenters. The first-order valence-corrected chi connectivity index (χ1v) is 49.6. The monoisotopic (exact) mass is 1890 g/mol. The molecule has 0 amide bonds. The average Bonchev–Trinajstić information content (AvgIpc) is 1.51. The van der Waals surface area contributed by atoms with Gasteiger partial charge in [0.05, 0.1) is 95.7 Å². The van der Waals surface area contributed by atoms with Gasteiger partial charge in [0.15, 0.2) is 46.6 Å². The maximum Gasteiger partial charge on any atom is 0.238 e. The smallest absolute Gasteiger partial charge is 0.238 e. The highest BCUT2D eigenvalue weighted by Gasteiger charge is 2.47. The number of benzene rings is 13. The Kier molecular flexibility index (Phi) is 20.4. The Balaban J connectivity index is 0.000000110. The summed E-state index contributed by atoms with van der Waals surface area (Å²) in [5.74, 6) is 6.32. The van der Waals surface area contributed by atoms with Gasteiger partial charge in [-0.15, -0.1) is 0 Å². The number of hydrogen-bond donors (Lipinski definition) is 0. The number of aromatic nitrogens is 19. The third-order valence-electron chi connectivity index (χ3n) is 29.1. The van der Waals surface area contributed by atoms with Crippen molar-refractivity contribution in [1.29, 1.82) is 0 Å². The normalized spacial score (nSPS) is 13.1. The zero-order valence-electron chi connectivity index (χ0n) is 81.1. The van der Waals surface area contributed by atoms with Gasteiger partial charge in [-0.05, 0) is 114 Å². The summed E-state index contributed by atoms with van der Waals surface area (Å²) in [5, 5.41) is 6.76. The first-order valence-electron chi connectivity index (χ1n) is 49.6. The summed E-state index contributed by atoms with van der Waals surface area (Å²) in [5.41, 5.74) is 30.5. The first-order chi connectivity index (χ1) is 72.3. The second kappa shape index (κ2) is 34.6. The minimum Gasteiger partial charge on any atom is -0.310 e. The van der Waals surface area contributed by atoms with E-state index in [2.05, 4.69) is 287 Å². The first kappa shape index (κ1) is 86.8. The van der Waals surface area contributed by atoms with Gasteiger partial charge in [-0.2, -0.15) is 9.97 Å². The summed E-state index contributed by atoms with van der Waals surface area (Å²) < 4.78 is 14.3. The van der Waals surface area contributed by atoms with Crippen LogP contribution in [-0.4, -0.2) is 92.2 Å². The highest BCUT2D eigenvalue weighted by Crippen LogP contribution is 2.59. The number of para-hydroxylation sites is 7. The molecule has 0 radical (unpaired) electrons. The van der Waals surface area contributed by atoms with Crippen molar-refractivity contribution in [3.8, 4) is 160 Å². The predicted octanol–water partition coefficient (Wildman–Crippen LogP) is 29.1. The number of rotatable bonds is 14. The van der Waals surface area contributed by atoms with Crippen molar-refractivity contribution in [1.82, 2.24) is 92.2 Å². The molecule has 0 saturated heterocycles. The van der Waals surface area contributed by atoms with Crippen LogP contribution in [-0.2, 0) is 16.2 Å². The second-order valence-electron chi connectivity index (χ2n) is 38.9. The lowest BCUT2D eigenvalue weighted by molar-refractivity contribution is 0.646. The summed E-state index contributed by atoms with van der Waals surface area (Å²) in [4.78, 5) is 66.1. The number of nitrogens with zero attached hydrogens (tertiary/aromatic N) is 19. The molecule has 698 valence electrons. The van der Waals surface area contributed by atoms with Crippen molar-refractivity contribution in [2.24, 2.45) is 0 Å². The molecule has 0 fully saturated rings. The van der Waals surface area contributed by atoms with Crippen molar-refractivity contribution >= 4 is 65.4 Å². The third-order valence-corrected chi connectivity index (χ3v) is 29.1. The lowest BCUT2D eigenvalue weighted by atomic mass is 9.83. The van der Waals surface area contributed by atoms with E-state index in [0.717, 1.165) is 151 Å². The van der Waals surface area contributed by atoms with Gasteiger partial charge in [-0.25, -0.2) is 44.9 Å². The molecule has 0 bridgehead atoms. The minimum absolute atomic E-state index is 0.241. The van der Waals surface area contributed by atoms with Crippen LogP contribution in [0.2, 0.25) is 0 Å². The van der Waals surface area contributed by atoms with Crippen LogP contribution in [0.25, 0.3) is 225 Å². The molecule has 3 aliphatic rings. The SMILES string of the molecule is CC1(C)c2ccccc2-n2c(-c3cc(-c4ccccn4)nc(-c4ccccn4)c3)c3c4ccccc4n(-c4ccccc4)c3c21.CC1(C)c2ccccc2-n2c(-c3nc(-c4ccccc4)nc(-c4ccccc4)n3)c3c4ccccc4n(-c4ccccn4)c3c21.CC1(C)c2ccccc2-n2c(-c3nc(-c4ccccc4)nc(-c4ccccc4)n3)c3c4ccccc4n(-c4nc(-c5ccccc5)nc(-c5ccccc5)n4)c3c21. The van der Waals surface area contributed by atoms with E-state index in [1.165, 1.54) is 55.6 Å². The Morgan fingerprint density at radius 3 is 0.837 bits per heavy atom. The molecular formula is C128H91N19. The fourth-order valence-corrected chi connectivity index (χ4v) is 22.7. The molecule has 13 aromatic heterocycles. The summed E-state index contributed by atoms with van der Waals surface area (Å²) in [7, 11) is 0. The summed E-state index contributed by atoms with van der Waals surface area (Å²) in [6.07, 6.45) is 5.50. The van der Waals surface area contributed by atoms with Crippen molar-refractivity contribution < 1.29 is 0 Å². The molecule has 3 aliphatic heterocycles. The maximum atomic E-state index is 5.32. The van der Waals surface area contributed by atoms with Gasteiger partial charge in [0, 0.05) is 112 Å². The molecule has 0 N–H and O–H groups in total. The van der Waals surface area contributed by atoms with Crippen LogP contribution in [0.3, 0.4) is 0 Å². The van der Waals surface area contributed by atoms with Gasteiger partial charge in [0.1, 0.15) is 17.2 Å². The summed E-state index contributed by atoms with van der Waals surface area (Å²) in [6, 6.07) is 146. The fraction of sp³-hybridized carbons (Fsp3) is 0.0703. The van der Waals surface area contributed by atoms with E-state index in [1.807, 2.05) is 225 Å². The Morgan fingerprint density at radius 2 is 0.476 bits per heavy atom. The quantitative estimate of drug-likeness (QED) is 0.0998. The van der Waals surface area contributed by atoms with Crippen LogP contribution >= 0.6 is 0 Å². The van der Waals surface area contributed by atoms with Crippen molar-refractivity contribution in [2.45, 2.75) is 57.8 Å². The van der Waals surface area contributed by atoms with Gasteiger partial charge in [0.25, 0.3) is 0 Å². The van der Waals surface area contributed by atoms with Crippen molar-refractivity contribution in [3.05, 3.63) is 477 Å². The lowest BCUT2D eigenvalue weighted by Gasteiger charge is -2.20. The zero-order valence-corrected chi connectivity index (χ0v) is 81.1. The van der Waals surface area contributed by atoms with Gasteiger partial charge in [0.2, 0.25) is 5.95 Å². The fourth-order valence-electron chi connectivity index (χ4n) is 22.7. The Morgan fingerprint density at radius 1 is 0.197 bits per heavy atom. The van der Waals surface area contributed by atoms with E-state index < -0.39 is 5.41 Å². The Labute approximate surface area is 846 Å². The topological polar surface area (TPSA) is 197 Å².